The minimum absolute atomic E-state index is 0.443. The molecule has 0 saturated carbocycles. The molecular weight excluding hydrogens is 256 g/mol. The van der Waals surface area contributed by atoms with E-state index in [0.29, 0.717) is 5.92 Å². The van der Waals surface area contributed by atoms with Crippen molar-refractivity contribution in [2.45, 2.75) is 26.3 Å². The van der Waals surface area contributed by atoms with Crippen molar-refractivity contribution in [3.05, 3.63) is 71.4 Å². The molecule has 2 aromatic carbocycles. The second kappa shape index (κ2) is 5.46. The molecule has 0 saturated heterocycles. The normalized spacial score (nSPS) is 11.0. The first-order valence-electron chi connectivity index (χ1n) is 7.26. The highest BCUT2D eigenvalue weighted by Gasteiger charge is 2.12. The minimum atomic E-state index is 0.443. The number of rotatable bonds is 3. The summed E-state index contributed by atoms with van der Waals surface area (Å²) in [7, 11) is 0. The number of hydrogen-bond donors (Lipinski definition) is 0. The van der Waals surface area contributed by atoms with Crippen molar-refractivity contribution in [2.24, 2.45) is 0 Å². The third-order valence-electron chi connectivity index (χ3n) is 3.86. The standard InChI is InChI=1S/C19H18N2/c1-14(2)18-13-21(12-15-6-4-3-5-7-15)19-9-8-16(11-20)10-17(18)19/h3-10,13-14H,12H2,1-2H3. The smallest absolute Gasteiger partial charge is 0.0991 e. The molecule has 0 aliphatic heterocycles. The van der Waals surface area contributed by atoms with Gasteiger partial charge in [-0.15, -0.1) is 0 Å². The Kier molecular flexibility index (Phi) is 3.50. The van der Waals surface area contributed by atoms with Gasteiger partial charge in [0.05, 0.1) is 11.6 Å². The highest BCUT2D eigenvalue weighted by atomic mass is 15.0. The van der Waals surface area contributed by atoms with Gasteiger partial charge in [0.1, 0.15) is 0 Å². The summed E-state index contributed by atoms with van der Waals surface area (Å²) in [6, 6.07) is 18.7. The van der Waals surface area contributed by atoms with Crippen LogP contribution in [0.15, 0.2) is 54.7 Å². The monoisotopic (exact) mass is 274 g/mol. The van der Waals surface area contributed by atoms with Gasteiger partial charge in [-0.25, -0.2) is 0 Å². The molecule has 0 aliphatic rings. The van der Waals surface area contributed by atoms with Crippen LogP contribution in [0.5, 0.6) is 0 Å². The van der Waals surface area contributed by atoms with E-state index in [1.807, 2.05) is 18.2 Å². The van der Waals surface area contributed by atoms with E-state index in [-0.39, 0.29) is 0 Å². The van der Waals surface area contributed by atoms with Gasteiger partial charge in [-0.3, -0.25) is 0 Å². The maximum atomic E-state index is 9.11. The highest BCUT2D eigenvalue weighted by Crippen LogP contribution is 2.29. The van der Waals surface area contributed by atoms with Crippen molar-refractivity contribution in [3.63, 3.8) is 0 Å². The Hall–Kier alpha value is -2.53. The predicted octanol–water partition coefficient (Wildman–Crippen LogP) is 4.68. The minimum Gasteiger partial charge on any atom is -0.343 e. The molecule has 0 amide bonds. The average Bonchev–Trinajstić information content (AvgIpc) is 2.86. The highest BCUT2D eigenvalue weighted by molar-refractivity contribution is 5.86. The van der Waals surface area contributed by atoms with Gasteiger partial charge < -0.3 is 4.57 Å². The van der Waals surface area contributed by atoms with Gasteiger partial charge in [0.15, 0.2) is 0 Å². The molecule has 2 nitrogen and oxygen atoms in total. The molecular formula is C19H18N2. The van der Waals surface area contributed by atoms with E-state index in [0.717, 1.165) is 12.1 Å². The Labute approximate surface area is 125 Å². The van der Waals surface area contributed by atoms with Crippen molar-refractivity contribution in [3.8, 4) is 6.07 Å². The Morgan fingerprint density at radius 2 is 1.86 bits per heavy atom. The lowest BCUT2D eigenvalue weighted by molar-refractivity contribution is 0.809. The lowest BCUT2D eigenvalue weighted by Crippen LogP contribution is -1.97. The van der Waals surface area contributed by atoms with Crippen molar-refractivity contribution in [2.75, 3.05) is 0 Å². The largest absolute Gasteiger partial charge is 0.343 e. The molecule has 0 spiro atoms. The zero-order valence-corrected chi connectivity index (χ0v) is 12.4. The van der Waals surface area contributed by atoms with Crippen LogP contribution in [0.1, 0.15) is 36.5 Å². The number of aromatic nitrogens is 1. The van der Waals surface area contributed by atoms with Crippen molar-refractivity contribution in [1.29, 1.82) is 5.26 Å². The van der Waals surface area contributed by atoms with Gasteiger partial charge >= 0.3 is 0 Å². The van der Waals surface area contributed by atoms with E-state index < -0.39 is 0 Å². The van der Waals surface area contributed by atoms with Crippen LogP contribution < -0.4 is 0 Å². The SMILES string of the molecule is CC(C)c1cn(Cc2ccccc2)c2ccc(C#N)cc12. The van der Waals surface area contributed by atoms with Gasteiger partial charge in [-0.05, 0) is 35.2 Å². The molecule has 0 radical (unpaired) electrons. The first-order chi connectivity index (χ1) is 10.2. The van der Waals surface area contributed by atoms with Crippen LogP contribution in [-0.4, -0.2) is 4.57 Å². The maximum absolute atomic E-state index is 9.11. The lowest BCUT2D eigenvalue weighted by atomic mass is 10.0. The molecule has 0 bridgehead atoms. The fraction of sp³-hybridized carbons (Fsp3) is 0.211. The molecule has 3 aromatic rings. The lowest BCUT2D eigenvalue weighted by Gasteiger charge is -2.05. The fourth-order valence-corrected chi connectivity index (χ4v) is 2.77. The Balaban J connectivity index is 2.13. The van der Waals surface area contributed by atoms with Crippen LogP contribution in [0.2, 0.25) is 0 Å². The summed E-state index contributed by atoms with van der Waals surface area (Å²) >= 11 is 0. The molecule has 1 aromatic heterocycles. The number of hydrogen-bond acceptors (Lipinski definition) is 1. The van der Waals surface area contributed by atoms with Crippen molar-refractivity contribution in [1.82, 2.24) is 4.57 Å². The van der Waals surface area contributed by atoms with E-state index in [1.165, 1.54) is 22.0 Å². The van der Waals surface area contributed by atoms with Crippen LogP contribution in [0.3, 0.4) is 0 Å². The van der Waals surface area contributed by atoms with Gasteiger partial charge in [-0.2, -0.15) is 5.26 Å². The third-order valence-corrected chi connectivity index (χ3v) is 3.86. The Morgan fingerprint density at radius 3 is 2.52 bits per heavy atom. The number of benzene rings is 2. The average molecular weight is 274 g/mol. The quantitative estimate of drug-likeness (QED) is 0.681. The molecule has 0 fully saturated rings. The number of fused-ring (bicyclic) bond motifs is 1. The summed E-state index contributed by atoms with van der Waals surface area (Å²) in [5.74, 6) is 0.443. The second-order valence-electron chi connectivity index (χ2n) is 5.70. The van der Waals surface area contributed by atoms with Crippen molar-refractivity contribution >= 4 is 10.9 Å². The molecule has 21 heavy (non-hydrogen) atoms. The zero-order chi connectivity index (χ0) is 14.8. The van der Waals surface area contributed by atoms with Crippen LogP contribution in [0.25, 0.3) is 10.9 Å². The fourth-order valence-electron chi connectivity index (χ4n) is 2.77. The van der Waals surface area contributed by atoms with E-state index in [9.17, 15) is 0 Å². The molecule has 0 unspecified atom stereocenters. The molecule has 0 N–H and O–H groups in total. The maximum Gasteiger partial charge on any atom is 0.0991 e. The summed E-state index contributed by atoms with van der Waals surface area (Å²) in [5.41, 5.74) is 4.51. The molecule has 0 aliphatic carbocycles. The number of nitrogens with zero attached hydrogens (tertiary/aromatic N) is 2. The molecule has 3 rings (SSSR count). The van der Waals surface area contributed by atoms with E-state index in [2.05, 4.69) is 61.0 Å². The summed E-state index contributed by atoms with van der Waals surface area (Å²) < 4.78 is 2.28. The summed E-state index contributed by atoms with van der Waals surface area (Å²) in [6.07, 6.45) is 2.23. The van der Waals surface area contributed by atoms with Crippen LogP contribution in [0, 0.1) is 11.3 Å². The van der Waals surface area contributed by atoms with Crippen molar-refractivity contribution < 1.29 is 0 Å². The van der Waals surface area contributed by atoms with Gasteiger partial charge in [-0.1, -0.05) is 44.2 Å². The van der Waals surface area contributed by atoms with Gasteiger partial charge in [0.2, 0.25) is 0 Å². The predicted molar refractivity (Wildman–Crippen MR) is 86.3 cm³/mol. The topological polar surface area (TPSA) is 28.7 Å². The summed E-state index contributed by atoms with van der Waals surface area (Å²) in [5, 5.41) is 10.3. The summed E-state index contributed by atoms with van der Waals surface area (Å²) in [4.78, 5) is 0. The van der Waals surface area contributed by atoms with E-state index in [4.69, 9.17) is 5.26 Å². The summed E-state index contributed by atoms with van der Waals surface area (Å²) in [6.45, 7) is 5.25. The zero-order valence-electron chi connectivity index (χ0n) is 12.4. The van der Waals surface area contributed by atoms with E-state index in [1.54, 1.807) is 0 Å². The molecule has 104 valence electrons. The Morgan fingerprint density at radius 1 is 1.10 bits per heavy atom. The van der Waals surface area contributed by atoms with Crippen LogP contribution in [-0.2, 0) is 6.54 Å². The molecule has 1 heterocycles. The number of nitriles is 1. The van der Waals surface area contributed by atoms with Crippen LogP contribution >= 0.6 is 0 Å². The molecule has 0 atom stereocenters. The third kappa shape index (κ3) is 2.55. The second-order valence-corrected chi connectivity index (χ2v) is 5.70. The van der Waals surface area contributed by atoms with Gasteiger partial charge in [0, 0.05) is 23.6 Å². The molecule has 2 heteroatoms. The first-order valence-corrected chi connectivity index (χ1v) is 7.26. The van der Waals surface area contributed by atoms with Gasteiger partial charge in [0.25, 0.3) is 0 Å². The van der Waals surface area contributed by atoms with Crippen LogP contribution in [0.4, 0.5) is 0 Å². The first kappa shape index (κ1) is 13.5. The Bertz CT molecular complexity index is 805. The van der Waals surface area contributed by atoms with E-state index >= 15 is 0 Å².